The predicted octanol–water partition coefficient (Wildman–Crippen LogP) is 2.20. The summed E-state index contributed by atoms with van der Waals surface area (Å²) >= 11 is 0. The van der Waals surface area contributed by atoms with Crippen molar-refractivity contribution in [3.05, 3.63) is 47.6 Å². The number of fused-ring (bicyclic) bond motifs is 1. The molecule has 0 aromatic rings. The maximum absolute atomic E-state index is 4.09. The Balaban J connectivity index is 2.16. The lowest BCUT2D eigenvalue weighted by Crippen LogP contribution is -2.18. The lowest BCUT2D eigenvalue weighted by molar-refractivity contribution is 0.704. The summed E-state index contributed by atoms with van der Waals surface area (Å²) in [5, 5.41) is 3.37. The minimum atomic E-state index is 0.641. The molecule has 1 N–H and O–H groups in total. The van der Waals surface area contributed by atoms with E-state index in [9.17, 15) is 0 Å². The third kappa shape index (κ3) is 1.81. The van der Waals surface area contributed by atoms with E-state index in [-0.39, 0.29) is 0 Å². The predicted molar refractivity (Wildman–Crippen MR) is 56.5 cm³/mol. The van der Waals surface area contributed by atoms with Crippen LogP contribution in [0.3, 0.4) is 0 Å². The van der Waals surface area contributed by atoms with Crippen LogP contribution in [0.15, 0.2) is 47.6 Å². The molecule has 1 nitrogen and oxygen atoms in total. The van der Waals surface area contributed by atoms with Crippen LogP contribution in [0.1, 0.15) is 6.92 Å². The smallest absolute Gasteiger partial charge is 0.0152 e. The summed E-state index contributed by atoms with van der Waals surface area (Å²) in [7, 11) is 0. The standard InChI is InChI=1S/C12H15N/c1-9-5-3-4-6-13-8-11-7-12(11)10(9)2/h3-5,7,11,13H,2,6,8H2,1H3/b4-3-,9-5-. The molecule has 0 amide bonds. The van der Waals surface area contributed by atoms with Gasteiger partial charge < -0.3 is 5.32 Å². The van der Waals surface area contributed by atoms with E-state index < -0.39 is 0 Å². The summed E-state index contributed by atoms with van der Waals surface area (Å²) in [6.45, 7) is 8.24. The highest BCUT2D eigenvalue weighted by Gasteiger charge is 2.26. The minimum absolute atomic E-state index is 0.641. The first-order valence-electron chi connectivity index (χ1n) is 4.74. The van der Waals surface area contributed by atoms with Crippen molar-refractivity contribution >= 4 is 0 Å². The maximum Gasteiger partial charge on any atom is 0.0152 e. The molecule has 68 valence electrons. The lowest BCUT2D eigenvalue weighted by atomic mass is 10.0. The van der Waals surface area contributed by atoms with E-state index in [2.05, 4.69) is 43.1 Å². The quantitative estimate of drug-likeness (QED) is 0.592. The Labute approximate surface area is 79.5 Å². The molecule has 1 unspecified atom stereocenters. The molecule has 0 radical (unpaired) electrons. The molecule has 0 aromatic carbocycles. The number of nitrogens with one attached hydrogen (secondary N) is 1. The Hall–Kier alpha value is -1.08. The summed E-state index contributed by atoms with van der Waals surface area (Å²) in [5.41, 5.74) is 3.92. The zero-order chi connectivity index (χ0) is 9.26. The molecule has 1 heteroatoms. The van der Waals surface area contributed by atoms with Gasteiger partial charge in [0.1, 0.15) is 0 Å². The molecule has 1 heterocycles. The first-order valence-corrected chi connectivity index (χ1v) is 4.74. The van der Waals surface area contributed by atoms with E-state index in [1.54, 1.807) is 0 Å². The molecule has 1 aliphatic carbocycles. The molecule has 0 fully saturated rings. The van der Waals surface area contributed by atoms with Gasteiger partial charge in [0.25, 0.3) is 0 Å². The van der Waals surface area contributed by atoms with Gasteiger partial charge in [0.15, 0.2) is 0 Å². The van der Waals surface area contributed by atoms with Crippen molar-refractivity contribution in [3.8, 4) is 0 Å². The van der Waals surface area contributed by atoms with Crippen molar-refractivity contribution in [3.63, 3.8) is 0 Å². The summed E-state index contributed by atoms with van der Waals surface area (Å²) in [6, 6.07) is 0. The molecule has 2 rings (SSSR count). The monoisotopic (exact) mass is 173 g/mol. The van der Waals surface area contributed by atoms with Crippen LogP contribution < -0.4 is 5.32 Å². The molecular weight excluding hydrogens is 158 g/mol. The first-order chi connectivity index (χ1) is 6.29. The second kappa shape index (κ2) is 3.35. The van der Waals surface area contributed by atoms with Gasteiger partial charge in [-0.2, -0.15) is 0 Å². The van der Waals surface area contributed by atoms with Crippen LogP contribution in [0.4, 0.5) is 0 Å². The number of allylic oxidation sites excluding steroid dienone is 4. The van der Waals surface area contributed by atoms with Gasteiger partial charge in [-0.1, -0.05) is 30.9 Å². The van der Waals surface area contributed by atoms with E-state index >= 15 is 0 Å². The van der Waals surface area contributed by atoms with Gasteiger partial charge >= 0.3 is 0 Å². The van der Waals surface area contributed by atoms with Gasteiger partial charge in [-0.3, -0.25) is 0 Å². The van der Waals surface area contributed by atoms with Gasteiger partial charge in [0, 0.05) is 19.0 Å². The largest absolute Gasteiger partial charge is 0.312 e. The van der Waals surface area contributed by atoms with Crippen LogP contribution in [-0.4, -0.2) is 13.1 Å². The number of hydrogen-bond acceptors (Lipinski definition) is 1. The minimum Gasteiger partial charge on any atom is -0.312 e. The molecule has 0 aromatic heterocycles. The highest BCUT2D eigenvalue weighted by molar-refractivity contribution is 5.55. The van der Waals surface area contributed by atoms with E-state index in [4.69, 9.17) is 0 Å². The van der Waals surface area contributed by atoms with Crippen molar-refractivity contribution in [2.24, 2.45) is 5.92 Å². The highest BCUT2D eigenvalue weighted by atomic mass is 14.9. The van der Waals surface area contributed by atoms with Crippen molar-refractivity contribution in [1.82, 2.24) is 5.32 Å². The molecule has 0 bridgehead atoms. The zero-order valence-electron chi connectivity index (χ0n) is 8.01. The highest BCUT2D eigenvalue weighted by Crippen LogP contribution is 2.37. The van der Waals surface area contributed by atoms with Crippen molar-refractivity contribution in [1.29, 1.82) is 0 Å². The Morgan fingerprint density at radius 3 is 3.23 bits per heavy atom. The summed E-state index contributed by atoms with van der Waals surface area (Å²) < 4.78 is 0. The van der Waals surface area contributed by atoms with Crippen LogP contribution in [-0.2, 0) is 0 Å². The fourth-order valence-corrected chi connectivity index (χ4v) is 1.59. The summed E-state index contributed by atoms with van der Waals surface area (Å²) in [4.78, 5) is 0. The van der Waals surface area contributed by atoms with E-state index in [0.717, 1.165) is 13.1 Å². The molecule has 0 saturated carbocycles. The molecule has 1 atom stereocenters. The van der Waals surface area contributed by atoms with Crippen LogP contribution >= 0.6 is 0 Å². The molecular formula is C12H15N. The third-order valence-electron chi connectivity index (χ3n) is 2.60. The van der Waals surface area contributed by atoms with Gasteiger partial charge in [0.2, 0.25) is 0 Å². The second-order valence-corrected chi connectivity index (χ2v) is 3.64. The van der Waals surface area contributed by atoms with E-state index in [0.29, 0.717) is 5.92 Å². The normalized spacial score (nSPS) is 33.9. The number of rotatable bonds is 0. The van der Waals surface area contributed by atoms with Crippen molar-refractivity contribution < 1.29 is 0 Å². The van der Waals surface area contributed by atoms with Crippen LogP contribution in [0, 0.1) is 5.92 Å². The van der Waals surface area contributed by atoms with E-state index in [1.807, 2.05) is 0 Å². The first kappa shape index (κ1) is 8.52. The van der Waals surface area contributed by atoms with Crippen molar-refractivity contribution in [2.45, 2.75) is 6.92 Å². The SMILES string of the molecule is C=C1C2=CC2CNC/C=C\C=C/1C. The zero-order valence-corrected chi connectivity index (χ0v) is 8.01. The Morgan fingerprint density at radius 2 is 2.38 bits per heavy atom. The van der Waals surface area contributed by atoms with Gasteiger partial charge in [-0.05, 0) is 23.6 Å². The van der Waals surface area contributed by atoms with Gasteiger partial charge in [0.05, 0.1) is 0 Å². The second-order valence-electron chi connectivity index (χ2n) is 3.64. The molecule has 1 aliphatic heterocycles. The summed E-state index contributed by atoms with van der Waals surface area (Å²) in [5.74, 6) is 0.641. The molecule has 13 heavy (non-hydrogen) atoms. The summed E-state index contributed by atoms with van der Waals surface area (Å²) in [6.07, 6.45) is 8.66. The fraction of sp³-hybridized carbons (Fsp3) is 0.333. The maximum atomic E-state index is 4.09. The van der Waals surface area contributed by atoms with Gasteiger partial charge in [-0.15, -0.1) is 0 Å². The van der Waals surface area contributed by atoms with Crippen molar-refractivity contribution in [2.75, 3.05) is 13.1 Å². The van der Waals surface area contributed by atoms with Crippen LogP contribution in [0.2, 0.25) is 0 Å². The van der Waals surface area contributed by atoms with Gasteiger partial charge in [-0.25, -0.2) is 0 Å². The Morgan fingerprint density at radius 1 is 1.54 bits per heavy atom. The third-order valence-corrected chi connectivity index (χ3v) is 2.60. The molecule has 0 saturated heterocycles. The average Bonchev–Trinajstić information content (AvgIpc) is 2.88. The Bertz CT molecular complexity index is 318. The van der Waals surface area contributed by atoms with Crippen LogP contribution in [0.5, 0.6) is 0 Å². The molecule has 0 spiro atoms. The Kier molecular flexibility index (Phi) is 2.19. The number of hydrogen-bond donors (Lipinski definition) is 1. The topological polar surface area (TPSA) is 12.0 Å². The van der Waals surface area contributed by atoms with E-state index in [1.165, 1.54) is 16.7 Å². The van der Waals surface area contributed by atoms with Crippen LogP contribution in [0.25, 0.3) is 0 Å². The average molecular weight is 173 g/mol. The molecule has 2 aliphatic rings. The lowest BCUT2D eigenvalue weighted by Gasteiger charge is -2.06. The fourth-order valence-electron chi connectivity index (χ4n) is 1.59.